The van der Waals surface area contributed by atoms with Crippen molar-refractivity contribution in [3.63, 3.8) is 0 Å². The molecule has 0 atom stereocenters. The highest BCUT2D eigenvalue weighted by atomic mass is 16.2. The maximum absolute atomic E-state index is 12.3. The van der Waals surface area contributed by atoms with Gasteiger partial charge in [-0.2, -0.15) is 15.4 Å². The maximum atomic E-state index is 12.3. The highest BCUT2D eigenvalue weighted by Crippen LogP contribution is 2.20. The molecule has 2 aromatic heterocycles. The van der Waals surface area contributed by atoms with Crippen molar-refractivity contribution in [1.82, 2.24) is 30.6 Å². The van der Waals surface area contributed by atoms with E-state index >= 15 is 0 Å². The van der Waals surface area contributed by atoms with Gasteiger partial charge in [-0.25, -0.2) is 0 Å². The van der Waals surface area contributed by atoms with Crippen LogP contribution in [0.2, 0.25) is 0 Å². The summed E-state index contributed by atoms with van der Waals surface area (Å²) in [6, 6.07) is 12.4. The van der Waals surface area contributed by atoms with Gasteiger partial charge in [0.25, 0.3) is 5.91 Å². The molecule has 0 aliphatic rings. The Kier molecular flexibility index (Phi) is 5.61. The minimum Gasteiger partial charge on any atom is -0.358 e. The Labute approximate surface area is 177 Å². The number of rotatable bonds is 7. The molecule has 0 aliphatic heterocycles. The van der Waals surface area contributed by atoms with Gasteiger partial charge in [0, 0.05) is 37.5 Å². The molecule has 10 heteroatoms. The minimum atomic E-state index is -0.286. The lowest BCUT2D eigenvalue weighted by Crippen LogP contribution is -2.27. The monoisotopic (exact) mass is 419 g/mol. The van der Waals surface area contributed by atoms with E-state index in [-0.39, 0.29) is 37.2 Å². The molecule has 0 saturated heterocycles. The lowest BCUT2D eigenvalue weighted by atomic mass is 10.2. The average Bonchev–Trinajstić information content (AvgIpc) is 3.40. The minimum absolute atomic E-state index is 0.106. The number of amides is 3. The fraction of sp³-hybridized carbons (Fsp3) is 0.190. The van der Waals surface area contributed by atoms with Crippen molar-refractivity contribution in [2.45, 2.75) is 13.0 Å². The molecule has 4 rings (SSSR count). The van der Waals surface area contributed by atoms with Gasteiger partial charge in [-0.15, -0.1) is 0 Å². The second kappa shape index (κ2) is 8.66. The number of hydrogen-bond donors (Lipinski definition) is 4. The molecule has 10 nitrogen and oxygen atoms in total. The SMILES string of the molecule is CNC(=O)Cn1ccc2ccc(NC(=O)CCNC(=O)c3ccc4n[nH]nc4c3)cc21. The lowest BCUT2D eigenvalue weighted by Gasteiger charge is -2.09. The molecule has 158 valence electrons. The quantitative estimate of drug-likeness (QED) is 0.359. The van der Waals surface area contributed by atoms with E-state index in [1.807, 2.05) is 29.0 Å². The number of likely N-dealkylation sites (N-methyl/N-ethyl adjacent to an activating group) is 1. The van der Waals surface area contributed by atoms with Gasteiger partial charge in [-0.1, -0.05) is 6.07 Å². The van der Waals surface area contributed by atoms with Crippen LogP contribution < -0.4 is 16.0 Å². The molecule has 2 heterocycles. The van der Waals surface area contributed by atoms with Crippen molar-refractivity contribution < 1.29 is 14.4 Å². The summed E-state index contributed by atoms with van der Waals surface area (Å²) < 4.78 is 1.82. The van der Waals surface area contributed by atoms with Gasteiger partial charge in [0.15, 0.2) is 0 Å². The number of aromatic nitrogens is 4. The topological polar surface area (TPSA) is 134 Å². The van der Waals surface area contributed by atoms with Crippen LogP contribution in [0.5, 0.6) is 0 Å². The molecular weight excluding hydrogens is 398 g/mol. The van der Waals surface area contributed by atoms with Gasteiger partial charge < -0.3 is 20.5 Å². The third-order valence-electron chi connectivity index (χ3n) is 4.87. The number of H-pyrrole nitrogens is 1. The Morgan fingerprint density at radius 1 is 1.00 bits per heavy atom. The van der Waals surface area contributed by atoms with Gasteiger partial charge in [0.1, 0.15) is 17.6 Å². The zero-order valence-corrected chi connectivity index (χ0v) is 16.8. The summed E-state index contributed by atoms with van der Waals surface area (Å²) >= 11 is 0. The first kappa shape index (κ1) is 20.1. The van der Waals surface area contributed by atoms with Crippen LogP contribution >= 0.6 is 0 Å². The zero-order valence-electron chi connectivity index (χ0n) is 16.8. The lowest BCUT2D eigenvalue weighted by molar-refractivity contribution is -0.121. The number of anilines is 1. The van der Waals surface area contributed by atoms with Crippen molar-refractivity contribution in [2.24, 2.45) is 0 Å². The Bertz CT molecular complexity index is 1270. The van der Waals surface area contributed by atoms with Crippen molar-refractivity contribution in [2.75, 3.05) is 18.9 Å². The summed E-state index contributed by atoms with van der Waals surface area (Å²) in [5.74, 6) is -0.618. The van der Waals surface area contributed by atoms with Crippen molar-refractivity contribution >= 4 is 45.3 Å². The van der Waals surface area contributed by atoms with E-state index in [1.54, 1.807) is 31.3 Å². The van der Waals surface area contributed by atoms with Crippen LogP contribution in [0.25, 0.3) is 21.9 Å². The molecule has 0 unspecified atom stereocenters. The first-order chi connectivity index (χ1) is 15.0. The highest BCUT2D eigenvalue weighted by molar-refractivity contribution is 5.98. The van der Waals surface area contributed by atoms with Crippen molar-refractivity contribution in [3.8, 4) is 0 Å². The van der Waals surface area contributed by atoms with E-state index in [9.17, 15) is 14.4 Å². The molecule has 3 amide bonds. The first-order valence-corrected chi connectivity index (χ1v) is 9.71. The van der Waals surface area contributed by atoms with Crippen LogP contribution in [0.15, 0.2) is 48.7 Å². The van der Waals surface area contributed by atoms with Crippen LogP contribution in [0.4, 0.5) is 5.69 Å². The summed E-state index contributed by atoms with van der Waals surface area (Å²) in [6.07, 6.45) is 1.95. The summed E-state index contributed by atoms with van der Waals surface area (Å²) in [5, 5.41) is 19.5. The molecule has 4 aromatic rings. The number of benzene rings is 2. The van der Waals surface area contributed by atoms with E-state index in [0.29, 0.717) is 22.3 Å². The Morgan fingerprint density at radius 3 is 2.68 bits per heavy atom. The smallest absolute Gasteiger partial charge is 0.251 e. The molecule has 0 aliphatic carbocycles. The number of hydrogen-bond acceptors (Lipinski definition) is 5. The summed E-state index contributed by atoms with van der Waals surface area (Å²) in [7, 11) is 1.59. The summed E-state index contributed by atoms with van der Waals surface area (Å²) in [4.78, 5) is 36.2. The summed E-state index contributed by atoms with van der Waals surface area (Å²) in [5.41, 5.74) is 3.19. The number of nitrogens with zero attached hydrogens (tertiary/aromatic N) is 3. The maximum Gasteiger partial charge on any atom is 0.251 e. The molecule has 0 radical (unpaired) electrons. The molecule has 0 fully saturated rings. The van der Waals surface area contributed by atoms with Crippen molar-refractivity contribution in [1.29, 1.82) is 0 Å². The Morgan fingerprint density at radius 2 is 1.84 bits per heavy atom. The van der Waals surface area contributed by atoms with Gasteiger partial charge in [0.2, 0.25) is 11.8 Å². The normalized spacial score (nSPS) is 10.9. The number of carbonyl (C=O) groups is 3. The molecule has 0 saturated carbocycles. The van der Waals surface area contributed by atoms with E-state index in [0.717, 1.165) is 10.9 Å². The second-order valence-electron chi connectivity index (χ2n) is 6.97. The molecule has 4 N–H and O–H groups in total. The van der Waals surface area contributed by atoms with E-state index in [2.05, 4.69) is 31.4 Å². The third kappa shape index (κ3) is 4.53. The predicted molar refractivity (Wildman–Crippen MR) is 115 cm³/mol. The van der Waals surface area contributed by atoms with Crippen LogP contribution in [-0.2, 0) is 16.1 Å². The van der Waals surface area contributed by atoms with Gasteiger partial charge in [-0.05, 0) is 41.8 Å². The first-order valence-electron chi connectivity index (χ1n) is 9.71. The summed E-state index contributed by atoms with van der Waals surface area (Å²) in [6.45, 7) is 0.389. The van der Waals surface area contributed by atoms with Crippen molar-refractivity contribution in [3.05, 3.63) is 54.2 Å². The molecular formula is C21H21N7O3. The number of fused-ring (bicyclic) bond motifs is 2. The van der Waals surface area contributed by atoms with E-state index in [1.165, 1.54) is 0 Å². The number of carbonyl (C=O) groups excluding carboxylic acids is 3. The fourth-order valence-corrected chi connectivity index (χ4v) is 3.23. The standard InChI is InChI=1S/C21H21N7O3/c1-22-20(30)12-28-9-7-13-2-4-15(11-18(13)28)24-19(29)6-8-23-21(31)14-3-5-16-17(10-14)26-27-25-16/h2-5,7,9-11H,6,8,12H2,1H3,(H,22,30)(H,23,31)(H,24,29)(H,25,26,27). The van der Waals surface area contributed by atoms with Crippen LogP contribution in [0, 0.1) is 0 Å². The Balaban J connectivity index is 1.33. The fourth-order valence-electron chi connectivity index (χ4n) is 3.23. The second-order valence-corrected chi connectivity index (χ2v) is 6.97. The van der Waals surface area contributed by atoms with E-state index < -0.39 is 0 Å². The van der Waals surface area contributed by atoms with Gasteiger partial charge >= 0.3 is 0 Å². The van der Waals surface area contributed by atoms with E-state index in [4.69, 9.17) is 0 Å². The number of aromatic amines is 1. The van der Waals surface area contributed by atoms with Gasteiger partial charge in [-0.3, -0.25) is 14.4 Å². The zero-order chi connectivity index (χ0) is 21.8. The predicted octanol–water partition coefficient (Wildman–Crippen LogP) is 1.42. The number of nitrogens with one attached hydrogen (secondary N) is 4. The molecule has 0 spiro atoms. The molecule has 2 aromatic carbocycles. The average molecular weight is 419 g/mol. The highest BCUT2D eigenvalue weighted by Gasteiger charge is 2.10. The van der Waals surface area contributed by atoms with Crippen LogP contribution in [0.3, 0.4) is 0 Å². The molecule has 31 heavy (non-hydrogen) atoms. The van der Waals surface area contributed by atoms with Crippen LogP contribution in [-0.4, -0.2) is 51.3 Å². The third-order valence-corrected chi connectivity index (χ3v) is 4.87. The van der Waals surface area contributed by atoms with Crippen LogP contribution in [0.1, 0.15) is 16.8 Å². The van der Waals surface area contributed by atoms with Gasteiger partial charge in [0.05, 0.1) is 5.52 Å². The molecule has 0 bridgehead atoms. The largest absolute Gasteiger partial charge is 0.358 e. The Hall–Kier alpha value is -4.21.